The van der Waals surface area contributed by atoms with Gasteiger partial charge in [0.15, 0.2) is 0 Å². The van der Waals surface area contributed by atoms with Gasteiger partial charge in [0.05, 0.1) is 22.2 Å². The molecule has 0 saturated carbocycles. The average molecular weight is 350 g/mol. The van der Waals surface area contributed by atoms with Crippen LogP contribution in [0.1, 0.15) is 27.5 Å². The second-order valence-electron chi connectivity index (χ2n) is 5.02. The van der Waals surface area contributed by atoms with E-state index in [1.807, 2.05) is 24.3 Å². The predicted molar refractivity (Wildman–Crippen MR) is 80.5 cm³/mol. The van der Waals surface area contributed by atoms with Gasteiger partial charge < -0.3 is 10.4 Å². The summed E-state index contributed by atoms with van der Waals surface area (Å²) in [6.07, 6.45) is -0.162. The van der Waals surface area contributed by atoms with E-state index < -0.39 is 23.9 Å². The highest BCUT2D eigenvalue weighted by molar-refractivity contribution is 9.10. The van der Waals surface area contributed by atoms with Gasteiger partial charge in [-0.05, 0) is 39.2 Å². The lowest BCUT2D eigenvalue weighted by Gasteiger charge is -2.18. The fraction of sp³-hybridized carbons (Fsp3) is 0.188. The summed E-state index contributed by atoms with van der Waals surface area (Å²) in [6.45, 7) is 0. The van der Waals surface area contributed by atoms with Gasteiger partial charge in [-0.3, -0.25) is 4.79 Å². The van der Waals surface area contributed by atoms with Crippen LogP contribution in [0, 0.1) is 5.82 Å². The largest absolute Gasteiger partial charge is 0.390 e. The maximum Gasteiger partial charge on any atom is 0.253 e. The smallest absolute Gasteiger partial charge is 0.253 e. The lowest BCUT2D eigenvalue weighted by atomic mass is 10.1. The van der Waals surface area contributed by atoms with Crippen molar-refractivity contribution in [2.24, 2.45) is 0 Å². The third kappa shape index (κ3) is 2.59. The van der Waals surface area contributed by atoms with Crippen LogP contribution in [-0.2, 0) is 6.42 Å². The number of aliphatic hydroxyl groups is 1. The predicted octanol–water partition coefficient (Wildman–Crippen LogP) is 2.98. The number of halogens is 2. The van der Waals surface area contributed by atoms with Gasteiger partial charge in [0.2, 0.25) is 0 Å². The minimum Gasteiger partial charge on any atom is -0.390 e. The van der Waals surface area contributed by atoms with E-state index in [-0.39, 0.29) is 10.0 Å². The van der Waals surface area contributed by atoms with Gasteiger partial charge >= 0.3 is 0 Å². The van der Waals surface area contributed by atoms with Crippen molar-refractivity contribution in [1.29, 1.82) is 0 Å². The van der Waals surface area contributed by atoms with Crippen LogP contribution < -0.4 is 5.32 Å². The number of nitrogens with one attached hydrogen (secondary N) is 1. The third-order valence-electron chi connectivity index (χ3n) is 3.69. The molecule has 3 rings (SSSR count). The number of hydrogen-bond donors (Lipinski definition) is 2. The Morgan fingerprint density at radius 3 is 2.81 bits per heavy atom. The van der Waals surface area contributed by atoms with Crippen molar-refractivity contribution >= 4 is 21.8 Å². The molecule has 3 nitrogen and oxygen atoms in total. The molecule has 2 aromatic carbocycles. The molecule has 108 valence electrons. The molecule has 0 bridgehead atoms. The van der Waals surface area contributed by atoms with E-state index in [0.717, 1.165) is 11.1 Å². The van der Waals surface area contributed by atoms with Crippen LogP contribution >= 0.6 is 15.9 Å². The summed E-state index contributed by atoms with van der Waals surface area (Å²) >= 11 is 3.08. The van der Waals surface area contributed by atoms with Gasteiger partial charge in [-0.25, -0.2) is 4.39 Å². The lowest BCUT2D eigenvalue weighted by molar-refractivity contribution is 0.0857. The third-order valence-corrected chi connectivity index (χ3v) is 4.49. The normalized spacial score (nSPS) is 20.1. The first kappa shape index (κ1) is 14.2. The van der Waals surface area contributed by atoms with Crippen LogP contribution in [0.5, 0.6) is 0 Å². The van der Waals surface area contributed by atoms with Crippen LogP contribution in [-0.4, -0.2) is 17.1 Å². The molecule has 0 aliphatic heterocycles. The molecule has 21 heavy (non-hydrogen) atoms. The Balaban J connectivity index is 1.87. The second-order valence-corrected chi connectivity index (χ2v) is 5.82. The quantitative estimate of drug-likeness (QED) is 0.875. The first-order valence-electron chi connectivity index (χ1n) is 6.58. The molecule has 1 amide bonds. The monoisotopic (exact) mass is 349 g/mol. The SMILES string of the molecule is O=C(N[C@H]1c2ccccc2C[C@H]1O)c1cccc(F)c1Br. The van der Waals surface area contributed by atoms with E-state index in [9.17, 15) is 14.3 Å². The van der Waals surface area contributed by atoms with Gasteiger partial charge in [0.1, 0.15) is 5.82 Å². The van der Waals surface area contributed by atoms with Crippen LogP contribution in [0.4, 0.5) is 4.39 Å². The topological polar surface area (TPSA) is 49.3 Å². The van der Waals surface area contributed by atoms with E-state index in [1.165, 1.54) is 18.2 Å². The van der Waals surface area contributed by atoms with Crippen LogP contribution in [0.3, 0.4) is 0 Å². The highest BCUT2D eigenvalue weighted by Crippen LogP contribution is 2.32. The molecule has 2 atom stereocenters. The number of carbonyl (C=O) groups excluding carboxylic acids is 1. The van der Waals surface area contributed by atoms with Crippen LogP contribution in [0.2, 0.25) is 0 Å². The van der Waals surface area contributed by atoms with Gasteiger partial charge in [0, 0.05) is 6.42 Å². The molecule has 0 unspecified atom stereocenters. The number of aliphatic hydroxyl groups excluding tert-OH is 1. The minimum atomic E-state index is -0.668. The van der Waals surface area contributed by atoms with Crippen molar-refractivity contribution in [3.8, 4) is 0 Å². The standard InChI is InChI=1S/C16H13BrFNO2/c17-14-11(6-3-7-12(14)18)16(21)19-15-10-5-2-1-4-9(10)8-13(15)20/h1-7,13,15,20H,8H2,(H,19,21)/t13-,15+/m1/s1. The van der Waals surface area contributed by atoms with E-state index in [2.05, 4.69) is 21.2 Å². The Morgan fingerprint density at radius 2 is 2.00 bits per heavy atom. The number of carbonyl (C=O) groups is 1. The maximum atomic E-state index is 13.5. The summed E-state index contributed by atoms with van der Waals surface area (Å²) in [5.74, 6) is -0.905. The Hall–Kier alpha value is -1.72. The highest BCUT2D eigenvalue weighted by Gasteiger charge is 2.32. The summed E-state index contributed by atoms with van der Waals surface area (Å²) in [4.78, 5) is 12.3. The molecular formula is C16H13BrFNO2. The first-order chi connectivity index (χ1) is 10.1. The molecule has 1 aliphatic carbocycles. The Morgan fingerprint density at radius 1 is 1.24 bits per heavy atom. The van der Waals surface area contributed by atoms with Crippen molar-refractivity contribution < 1.29 is 14.3 Å². The first-order valence-corrected chi connectivity index (χ1v) is 7.38. The zero-order chi connectivity index (χ0) is 15.0. The average Bonchev–Trinajstić information content (AvgIpc) is 2.78. The summed E-state index contributed by atoms with van der Waals surface area (Å²) in [5, 5.41) is 12.9. The fourth-order valence-corrected chi connectivity index (χ4v) is 3.09. The van der Waals surface area contributed by atoms with Crippen molar-refractivity contribution in [1.82, 2.24) is 5.32 Å². The second kappa shape index (κ2) is 5.58. The van der Waals surface area contributed by atoms with Gasteiger partial charge in [0.25, 0.3) is 5.91 Å². The molecule has 0 heterocycles. The van der Waals surface area contributed by atoms with E-state index in [4.69, 9.17) is 0 Å². The van der Waals surface area contributed by atoms with Crippen molar-refractivity contribution in [3.05, 3.63) is 69.4 Å². The van der Waals surface area contributed by atoms with E-state index >= 15 is 0 Å². The number of hydrogen-bond acceptors (Lipinski definition) is 2. The van der Waals surface area contributed by atoms with E-state index in [0.29, 0.717) is 6.42 Å². The molecule has 5 heteroatoms. The van der Waals surface area contributed by atoms with Crippen LogP contribution in [0.15, 0.2) is 46.9 Å². The van der Waals surface area contributed by atoms with Crippen LogP contribution in [0.25, 0.3) is 0 Å². The zero-order valence-electron chi connectivity index (χ0n) is 11.0. The van der Waals surface area contributed by atoms with Gasteiger partial charge in [-0.15, -0.1) is 0 Å². The molecular weight excluding hydrogens is 337 g/mol. The summed E-state index contributed by atoms with van der Waals surface area (Å²) < 4.78 is 13.6. The molecule has 0 fully saturated rings. The Bertz CT molecular complexity index is 704. The number of rotatable bonds is 2. The molecule has 0 spiro atoms. The molecule has 0 radical (unpaired) electrons. The molecule has 1 aliphatic rings. The number of amides is 1. The summed E-state index contributed by atoms with van der Waals surface area (Å²) in [7, 11) is 0. The van der Waals surface area contributed by atoms with Gasteiger partial charge in [-0.2, -0.15) is 0 Å². The molecule has 0 aromatic heterocycles. The molecule has 2 aromatic rings. The van der Waals surface area contributed by atoms with Gasteiger partial charge in [-0.1, -0.05) is 30.3 Å². The highest BCUT2D eigenvalue weighted by atomic mass is 79.9. The lowest BCUT2D eigenvalue weighted by Crippen LogP contribution is -2.34. The minimum absolute atomic E-state index is 0.128. The summed E-state index contributed by atoms with van der Waals surface area (Å²) in [6, 6.07) is 11.4. The number of benzene rings is 2. The summed E-state index contributed by atoms with van der Waals surface area (Å²) in [5.41, 5.74) is 2.14. The van der Waals surface area contributed by atoms with Crippen molar-refractivity contribution in [2.45, 2.75) is 18.6 Å². The zero-order valence-corrected chi connectivity index (χ0v) is 12.6. The maximum absolute atomic E-state index is 13.5. The Labute approximate surface area is 129 Å². The molecule has 2 N–H and O–H groups in total. The molecule has 0 saturated heterocycles. The fourth-order valence-electron chi connectivity index (χ4n) is 2.65. The number of fused-ring (bicyclic) bond motifs is 1. The van der Waals surface area contributed by atoms with Crippen molar-refractivity contribution in [2.75, 3.05) is 0 Å². The van der Waals surface area contributed by atoms with E-state index in [1.54, 1.807) is 0 Å². The Kier molecular flexibility index (Phi) is 3.78. The van der Waals surface area contributed by atoms with Crippen molar-refractivity contribution in [3.63, 3.8) is 0 Å².